The molecule has 1 atom stereocenters. The summed E-state index contributed by atoms with van der Waals surface area (Å²) in [6.45, 7) is 3.01. The molecule has 0 aliphatic rings. The van der Waals surface area contributed by atoms with E-state index in [9.17, 15) is 9.59 Å². The number of carbonyl (C=O) groups is 2. The lowest BCUT2D eigenvalue weighted by atomic mass is 10.2. The van der Waals surface area contributed by atoms with Crippen molar-refractivity contribution in [1.29, 1.82) is 0 Å². The molecule has 0 aliphatic heterocycles. The molecule has 0 saturated heterocycles. The Morgan fingerprint density at radius 2 is 1.94 bits per heavy atom. The quantitative estimate of drug-likeness (QED) is 0.690. The van der Waals surface area contributed by atoms with Crippen LogP contribution in [-0.2, 0) is 9.59 Å². The lowest BCUT2D eigenvalue weighted by molar-refractivity contribution is -0.142. The number of thioether (sulfide) groups is 1. The maximum absolute atomic E-state index is 12.3. The zero-order chi connectivity index (χ0) is 14.1. The Kier molecular flexibility index (Phi) is 8.83. The Morgan fingerprint density at radius 3 is 2.39 bits per heavy atom. The first-order valence-electron chi connectivity index (χ1n) is 6.13. The second-order valence-electron chi connectivity index (χ2n) is 4.27. The topological polar surface area (TPSA) is 52.7 Å². The van der Waals surface area contributed by atoms with Gasteiger partial charge in [0.2, 0.25) is 11.8 Å². The van der Waals surface area contributed by atoms with Crippen molar-refractivity contribution < 1.29 is 9.59 Å². The molecule has 0 bridgehead atoms. The summed E-state index contributed by atoms with van der Waals surface area (Å²) in [6.07, 6.45) is 2.86. The van der Waals surface area contributed by atoms with Gasteiger partial charge in [-0.2, -0.15) is 11.8 Å². The zero-order valence-electron chi connectivity index (χ0n) is 12.0. The van der Waals surface area contributed by atoms with Crippen LogP contribution >= 0.6 is 11.8 Å². The summed E-state index contributed by atoms with van der Waals surface area (Å²) in [5.74, 6) is 0.576. The van der Waals surface area contributed by atoms with Crippen molar-refractivity contribution in [3.05, 3.63) is 0 Å². The van der Waals surface area contributed by atoms with E-state index in [1.807, 2.05) is 13.2 Å². The molecule has 0 aromatic carbocycles. The normalized spacial score (nSPS) is 12.1. The maximum atomic E-state index is 12.3. The highest BCUT2D eigenvalue weighted by molar-refractivity contribution is 7.98. The Balaban J connectivity index is 4.72. The SMILES string of the molecule is CCCN(C)C(=O)[C@H](CSC)N(C)C(=O)CNC. The monoisotopic (exact) mass is 275 g/mol. The van der Waals surface area contributed by atoms with Gasteiger partial charge in [0.25, 0.3) is 0 Å². The third-order valence-electron chi connectivity index (χ3n) is 2.73. The Labute approximate surface area is 114 Å². The fourth-order valence-corrected chi connectivity index (χ4v) is 2.34. The van der Waals surface area contributed by atoms with Gasteiger partial charge in [-0.15, -0.1) is 0 Å². The fourth-order valence-electron chi connectivity index (χ4n) is 1.66. The predicted octanol–water partition coefficient (Wildman–Crippen LogP) is 0.264. The molecular weight excluding hydrogens is 250 g/mol. The van der Waals surface area contributed by atoms with Crippen molar-refractivity contribution in [3.8, 4) is 0 Å². The molecule has 0 heterocycles. The van der Waals surface area contributed by atoms with Crippen LogP contribution in [-0.4, -0.2) is 73.9 Å². The lowest BCUT2D eigenvalue weighted by Crippen LogP contribution is -2.51. The molecule has 18 heavy (non-hydrogen) atoms. The number of hydrogen-bond donors (Lipinski definition) is 1. The van der Waals surface area contributed by atoms with Crippen molar-refractivity contribution in [2.24, 2.45) is 0 Å². The third kappa shape index (κ3) is 5.27. The van der Waals surface area contributed by atoms with E-state index in [1.54, 1.807) is 42.7 Å². The summed E-state index contributed by atoms with van der Waals surface area (Å²) in [5, 5.41) is 2.82. The average molecular weight is 275 g/mol. The number of carbonyl (C=O) groups excluding carboxylic acids is 2. The van der Waals surface area contributed by atoms with Crippen LogP contribution in [0.5, 0.6) is 0 Å². The first-order valence-corrected chi connectivity index (χ1v) is 7.53. The van der Waals surface area contributed by atoms with E-state index < -0.39 is 0 Å². The van der Waals surface area contributed by atoms with E-state index in [4.69, 9.17) is 0 Å². The summed E-state index contributed by atoms with van der Waals surface area (Å²) < 4.78 is 0. The molecule has 0 rings (SSSR count). The summed E-state index contributed by atoms with van der Waals surface area (Å²) >= 11 is 1.58. The number of nitrogens with one attached hydrogen (secondary N) is 1. The molecule has 1 N–H and O–H groups in total. The minimum Gasteiger partial charge on any atom is -0.344 e. The van der Waals surface area contributed by atoms with Gasteiger partial charge in [-0.3, -0.25) is 9.59 Å². The number of nitrogens with zero attached hydrogens (tertiary/aromatic N) is 2. The minimum atomic E-state index is -0.377. The largest absolute Gasteiger partial charge is 0.344 e. The van der Waals surface area contributed by atoms with E-state index in [2.05, 4.69) is 5.32 Å². The van der Waals surface area contributed by atoms with Gasteiger partial charge in [-0.05, 0) is 19.7 Å². The van der Waals surface area contributed by atoms with Gasteiger partial charge in [-0.25, -0.2) is 0 Å². The number of likely N-dealkylation sites (N-methyl/N-ethyl adjacent to an activating group) is 3. The van der Waals surface area contributed by atoms with Gasteiger partial charge in [0.1, 0.15) is 6.04 Å². The van der Waals surface area contributed by atoms with Crippen LogP contribution in [0.1, 0.15) is 13.3 Å². The van der Waals surface area contributed by atoms with Crippen molar-refractivity contribution >= 4 is 23.6 Å². The van der Waals surface area contributed by atoms with Crippen LogP contribution in [0.25, 0.3) is 0 Å². The smallest absolute Gasteiger partial charge is 0.245 e. The zero-order valence-corrected chi connectivity index (χ0v) is 12.8. The molecule has 0 aromatic heterocycles. The van der Waals surface area contributed by atoms with E-state index in [0.717, 1.165) is 13.0 Å². The van der Waals surface area contributed by atoms with Gasteiger partial charge in [0, 0.05) is 26.4 Å². The van der Waals surface area contributed by atoms with Crippen molar-refractivity contribution in [1.82, 2.24) is 15.1 Å². The van der Waals surface area contributed by atoms with Crippen LogP contribution in [0.4, 0.5) is 0 Å². The molecule has 106 valence electrons. The van der Waals surface area contributed by atoms with E-state index in [0.29, 0.717) is 5.75 Å². The number of rotatable bonds is 8. The molecule has 6 heteroatoms. The first kappa shape index (κ1) is 17.2. The van der Waals surface area contributed by atoms with Crippen molar-refractivity contribution in [3.63, 3.8) is 0 Å². The van der Waals surface area contributed by atoms with E-state index in [1.165, 1.54) is 0 Å². The maximum Gasteiger partial charge on any atom is 0.245 e. The molecule has 0 fully saturated rings. The molecule has 2 amide bonds. The van der Waals surface area contributed by atoms with Crippen LogP contribution in [0.15, 0.2) is 0 Å². The Bertz CT molecular complexity index is 274. The Morgan fingerprint density at radius 1 is 1.33 bits per heavy atom. The summed E-state index contributed by atoms with van der Waals surface area (Å²) in [6, 6.07) is -0.377. The molecule has 5 nitrogen and oxygen atoms in total. The summed E-state index contributed by atoms with van der Waals surface area (Å²) in [4.78, 5) is 27.3. The first-order chi connectivity index (χ1) is 8.49. The van der Waals surface area contributed by atoms with E-state index >= 15 is 0 Å². The molecule has 0 saturated carbocycles. The highest BCUT2D eigenvalue weighted by Gasteiger charge is 2.28. The Hall–Kier alpha value is -0.750. The lowest BCUT2D eigenvalue weighted by Gasteiger charge is -2.30. The second-order valence-corrected chi connectivity index (χ2v) is 5.18. The van der Waals surface area contributed by atoms with Crippen molar-refractivity contribution in [2.75, 3.05) is 46.2 Å². The van der Waals surface area contributed by atoms with Gasteiger partial charge in [-0.1, -0.05) is 6.92 Å². The van der Waals surface area contributed by atoms with Crippen molar-refractivity contribution in [2.45, 2.75) is 19.4 Å². The highest BCUT2D eigenvalue weighted by Crippen LogP contribution is 2.08. The molecular formula is C12H25N3O2S. The van der Waals surface area contributed by atoms with E-state index in [-0.39, 0.29) is 24.4 Å². The van der Waals surface area contributed by atoms with Crippen LogP contribution in [0.2, 0.25) is 0 Å². The highest BCUT2D eigenvalue weighted by atomic mass is 32.2. The molecule has 0 aliphatic carbocycles. The van der Waals surface area contributed by atoms with Gasteiger partial charge < -0.3 is 15.1 Å². The molecule has 0 radical (unpaired) electrons. The molecule has 0 aromatic rings. The van der Waals surface area contributed by atoms with Gasteiger partial charge in [0.15, 0.2) is 0 Å². The summed E-state index contributed by atoms with van der Waals surface area (Å²) in [7, 11) is 5.20. The van der Waals surface area contributed by atoms with Crippen LogP contribution in [0, 0.1) is 0 Å². The summed E-state index contributed by atoms with van der Waals surface area (Å²) in [5.41, 5.74) is 0. The minimum absolute atomic E-state index is 0.0122. The van der Waals surface area contributed by atoms with Crippen LogP contribution in [0.3, 0.4) is 0 Å². The standard InChI is InChI=1S/C12H25N3O2S/c1-6-7-14(3)12(17)10(9-18-5)15(4)11(16)8-13-2/h10,13H,6-9H2,1-5H3/t10-/m0/s1. The number of amides is 2. The average Bonchev–Trinajstić information content (AvgIpc) is 2.35. The third-order valence-corrected chi connectivity index (χ3v) is 3.38. The fraction of sp³-hybridized carbons (Fsp3) is 0.833. The van der Waals surface area contributed by atoms with Gasteiger partial charge in [0.05, 0.1) is 6.54 Å². The molecule has 0 unspecified atom stereocenters. The second kappa shape index (κ2) is 9.22. The van der Waals surface area contributed by atoms with Crippen LogP contribution < -0.4 is 5.32 Å². The molecule has 0 spiro atoms. The number of hydrogen-bond acceptors (Lipinski definition) is 4. The van der Waals surface area contributed by atoms with Gasteiger partial charge >= 0.3 is 0 Å². The predicted molar refractivity (Wildman–Crippen MR) is 76.8 cm³/mol.